The normalized spacial score (nSPS) is 11.3. The molecule has 0 unspecified atom stereocenters. The third kappa shape index (κ3) is 3.07. The Morgan fingerprint density at radius 3 is 2.45 bits per heavy atom. The van der Waals surface area contributed by atoms with Gasteiger partial charge in [-0.1, -0.05) is 48.2 Å². The predicted molar refractivity (Wildman–Crippen MR) is 120 cm³/mol. The van der Waals surface area contributed by atoms with Gasteiger partial charge in [-0.25, -0.2) is 6.07 Å². The molecule has 4 aromatic carbocycles. The van der Waals surface area contributed by atoms with Crippen LogP contribution in [0.5, 0.6) is 0 Å². The fourth-order valence-electron chi connectivity index (χ4n) is 4.36. The fourth-order valence-corrected chi connectivity index (χ4v) is 4.36. The monoisotopic (exact) mass is 476 g/mol. The van der Waals surface area contributed by atoms with Crippen LogP contribution >= 0.6 is 0 Å². The minimum Gasteiger partial charge on any atom is -0.456 e. The first-order valence-corrected chi connectivity index (χ1v) is 10.0. The maximum atomic E-state index is 6.60. The van der Waals surface area contributed by atoms with Gasteiger partial charge in [-0.05, 0) is 23.9 Å². The number of furan rings is 1. The first-order chi connectivity index (χ1) is 14.7. The Morgan fingerprint density at radius 1 is 0.839 bits per heavy atom. The summed E-state index contributed by atoms with van der Waals surface area (Å²) in [6.07, 6.45) is 5.30. The summed E-state index contributed by atoms with van der Waals surface area (Å²) in [6, 6.07) is 28.3. The molecule has 31 heavy (non-hydrogen) atoms. The number of imidazole rings is 1. The van der Waals surface area contributed by atoms with Crippen LogP contribution in [-0.4, -0.2) is 4.57 Å². The van der Waals surface area contributed by atoms with Crippen molar-refractivity contribution in [3.8, 4) is 17.1 Å². The second-order valence-corrected chi connectivity index (χ2v) is 7.68. The van der Waals surface area contributed by atoms with E-state index in [0.29, 0.717) is 0 Å². The largest absolute Gasteiger partial charge is 0.456 e. The molecule has 0 bridgehead atoms. The molecular weight excluding hydrogens is 457 g/mol. The molecule has 0 saturated heterocycles. The number of hydrogen-bond acceptors (Lipinski definition) is 1. The summed E-state index contributed by atoms with van der Waals surface area (Å²) in [5.74, 6) is 1.02. The average Bonchev–Trinajstić information content (AvgIpc) is 3.35. The van der Waals surface area contributed by atoms with Crippen molar-refractivity contribution in [1.82, 2.24) is 4.57 Å². The zero-order valence-electron chi connectivity index (χ0n) is 17.4. The van der Waals surface area contributed by atoms with E-state index in [9.17, 15) is 0 Å². The van der Waals surface area contributed by atoms with Crippen LogP contribution in [0.1, 0.15) is 5.56 Å². The number of nitrogens with zero attached hydrogens (tertiary/aromatic N) is 2. The molecule has 2 heterocycles. The van der Waals surface area contributed by atoms with Gasteiger partial charge in [0.2, 0.25) is 0 Å². The van der Waals surface area contributed by atoms with Crippen LogP contribution in [0.3, 0.4) is 0 Å². The van der Waals surface area contributed by atoms with Gasteiger partial charge in [-0.2, -0.15) is 24.3 Å². The summed E-state index contributed by atoms with van der Waals surface area (Å²) in [6.45, 7) is 2.13. The number of rotatable bonds is 2. The van der Waals surface area contributed by atoms with Gasteiger partial charge in [0.25, 0.3) is 0 Å². The summed E-state index contributed by atoms with van der Waals surface area (Å²) >= 11 is 0. The third-order valence-electron chi connectivity index (χ3n) is 5.82. The van der Waals surface area contributed by atoms with Crippen molar-refractivity contribution in [2.45, 2.75) is 6.92 Å². The van der Waals surface area contributed by atoms with Crippen LogP contribution in [0.25, 0.3) is 49.8 Å². The molecule has 0 N–H and O–H groups in total. The molecule has 0 spiro atoms. The summed E-state index contributed by atoms with van der Waals surface area (Å²) in [7, 11) is 2.04. The SMILES string of the molecule is Cc1ccc2c(oc3c4ccccc4ccc23)c1-c1n(C)c[c-][n+]1-c1[c-]cccc1.[Y]. The van der Waals surface area contributed by atoms with Crippen LogP contribution in [0.4, 0.5) is 0 Å². The van der Waals surface area contributed by atoms with Gasteiger partial charge in [-0.15, -0.1) is 0 Å². The van der Waals surface area contributed by atoms with E-state index in [1.54, 1.807) is 0 Å². The van der Waals surface area contributed by atoms with E-state index < -0.39 is 0 Å². The van der Waals surface area contributed by atoms with Crippen molar-refractivity contribution in [2.24, 2.45) is 7.05 Å². The topological polar surface area (TPSA) is 21.9 Å². The van der Waals surface area contributed by atoms with E-state index in [1.807, 2.05) is 42.1 Å². The van der Waals surface area contributed by atoms with Crippen molar-refractivity contribution < 1.29 is 41.7 Å². The molecule has 0 atom stereocenters. The van der Waals surface area contributed by atoms with E-state index in [1.165, 1.54) is 5.39 Å². The van der Waals surface area contributed by atoms with Crippen LogP contribution in [-0.2, 0) is 39.8 Å². The molecule has 6 aromatic rings. The van der Waals surface area contributed by atoms with Crippen molar-refractivity contribution in [3.63, 3.8) is 0 Å². The van der Waals surface area contributed by atoms with Gasteiger partial charge < -0.3 is 8.98 Å². The van der Waals surface area contributed by atoms with E-state index in [0.717, 1.165) is 50.0 Å². The molecule has 147 valence electrons. The number of aromatic nitrogens is 2. The molecule has 6 rings (SSSR count). The number of aryl methyl sites for hydroxylation is 2. The zero-order chi connectivity index (χ0) is 20.2. The molecule has 0 aliphatic rings. The quantitative estimate of drug-likeness (QED) is 0.224. The van der Waals surface area contributed by atoms with Gasteiger partial charge in [0.1, 0.15) is 11.2 Å². The first kappa shape index (κ1) is 20.2. The number of para-hydroxylation sites is 1. The smallest absolute Gasteiger partial charge is 0.188 e. The fraction of sp³-hybridized carbons (Fsp3) is 0.0741. The second-order valence-electron chi connectivity index (χ2n) is 7.68. The molecule has 3 nitrogen and oxygen atoms in total. The molecule has 4 heteroatoms. The number of benzene rings is 4. The van der Waals surface area contributed by atoms with Crippen LogP contribution in [0, 0.1) is 19.2 Å². The van der Waals surface area contributed by atoms with E-state index >= 15 is 0 Å². The summed E-state index contributed by atoms with van der Waals surface area (Å²) < 4.78 is 10.7. The van der Waals surface area contributed by atoms with Crippen molar-refractivity contribution in [3.05, 3.63) is 96.8 Å². The van der Waals surface area contributed by atoms with Crippen molar-refractivity contribution in [2.75, 3.05) is 0 Å². The van der Waals surface area contributed by atoms with Gasteiger partial charge >= 0.3 is 0 Å². The molecule has 0 saturated carbocycles. The Hall–Kier alpha value is -2.75. The van der Waals surface area contributed by atoms with Gasteiger partial charge in [0.15, 0.2) is 5.82 Å². The van der Waals surface area contributed by atoms with Gasteiger partial charge in [0.05, 0.1) is 25.0 Å². The Balaban J connectivity index is 0.00000204. The number of fused-ring (bicyclic) bond motifs is 5. The average molecular weight is 476 g/mol. The van der Waals surface area contributed by atoms with Gasteiger partial charge in [-0.3, -0.25) is 4.57 Å². The standard InChI is InChI=1S/C27H19N2O.Y/c1-18-12-14-23-22-15-13-19-8-6-7-11-21(19)25(22)30-26(23)24(18)27-28(2)16-17-29(27)20-9-4-3-5-10-20;/h3-9,11-16H,1-2H3;/q-1;. The molecule has 0 aliphatic heterocycles. The maximum Gasteiger partial charge on any atom is 0.188 e. The van der Waals surface area contributed by atoms with Crippen LogP contribution in [0.2, 0.25) is 0 Å². The maximum absolute atomic E-state index is 6.60. The van der Waals surface area contributed by atoms with Crippen molar-refractivity contribution >= 4 is 32.7 Å². The molecule has 0 fully saturated rings. The molecule has 1 radical (unpaired) electrons. The molecule has 2 aromatic heterocycles. The zero-order valence-corrected chi connectivity index (χ0v) is 20.2. The summed E-state index contributed by atoms with van der Waals surface area (Å²) in [4.78, 5) is 0. The molecule has 0 aliphatic carbocycles. The van der Waals surface area contributed by atoms with Crippen molar-refractivity contribution in [1.29, 1.82) is 0 Å². The summed E-state index contributed by atoms with van der Waals surface area (Å²) in [5.41, 5.74) is 5.03. The molecular formula is C27H19N2OY-. The Bertz CT molecular complexity index is 1560. The first-order valence-electron chi connectivity index (χ1n) is 10.0. The Morgan fingerprint density at radius 2 is 1.61 bits per heavy atom. The molecule has 0 amide bonds. The van der Waals surface area contributed by atoms with E-state index in [4.69, 9.17) is 4.42 Å². The minimum absolute atomic E-state index is 0. The number of hydrogen-bond donors (Lipinski definition) is 0. The second kappa shape index (κ2) is 7.74. The van der Waals surface area contributed by atoms with Gasteiger partial charge in [0, 0.05) is 48.9 Å². The summed E-state index contributed by atoms with van der Waals surface area (Å²) in [5, 5.41) is 4.59. The van der Waals surface area contributed by atoms with E-state index in [-0.39, 0.29) is 32.7 Å². The van der Waals surface area contributed by atoms with Crippen LogP contribution in [0.15, 0.2) is 83.4 Å². The Labute approximate surface area is 205 Å². The Kier molecular flexibility index (Phi) is 5.04. The minimum atomic E-state index is 0. The van der Waals surface area contributed by atoms with E-state index in [2.05, 4.69) is 72.3 Å². The third-order valence-corrected chi connectivity index (χ3v) is 5.82. The van der Waals surface area contributed by atoms with Crippen LogP contribution < -0.4 is 4.57 Å². The predicted octanol–water partition coefficient (Wildman–Crippen LogP) is 5.93.